The van der Waals surface area contributed by atoms with Crippen molar-refractivity contribution in [2.24, 2.45) is 0 Å². The van der Waals surface area contributed by atoms with Crippen LogP contribution < -0.4 is 5.32 Å². The highest BCUT2D eigenvalue weighted by Gasteiger charge is 2.22. The van der Waals surface area contributed by atoms with Crippen LogP contribution in [0.15, 0.2) is 30.9 Å². The Kier molecular flexibility index (Phi) is 4.53. The van der Waals surface area contributed by atoms with Crippen LogP contribution >= 0.6 is 0 Å². The number of hydrogen-bond acceptors (Lipinski definition) is 3. The first-order valence-corrected chi connectivity index (χ1v) is 6.57. The minimum absolute atomic E-state index is 0.229. The van der Waals surface area contributed by atoms with Crippen LogP contribution in [0.5, 0.6) is 0 Å². The minimum Gasteiger partial charge on any atom is -0.480 e. The molecule has 5 nitrogen and oxygen atoms in total. The van der Waals surface area contributed by atoms with Gasteiger partial charge in [0, 0.05) is 18.7 Å². The summed E-state index contributed by atoms with van der Waals surface area (Å²) in [6.07, 6.45) is 2.32. The van der Waals surface area contributed by atoms with E-state index in [4.69, 9.17) is 5.11 Å². The fraction of sp³-hybridized carbons (Fsp3) is 0.333. The van der Waals surface area contributed by atoms with Gasteiger partial charge >= 0.3 is 5.97 Å². The van der Waals surface area contributed by atoms with Gasteiger partial charge in [0.05, 0.1) is 0 Å². The maximum absolute atomic E-state index is 12.5. The number of hydrogen-bond donors (Lipinski definition) is 2. The number of carboxylic acids is 1. The largest absolute Gasteiger partial charge is 0.480 e. The van der Waals surface area contributed by atoms with Gasteiger partial charge < -0.3 is 15.3 Å². The molecule has 1 aliphatic rings. The van der Waals surface area contributed by atoms with E-state index in [1.54, 1.807) is 6.07 Å². The van der Waals surface area contributed by atoms with Crippen molar-refractivity contribution in [3.63, 3.8) is 0 Å². The van der Waals surface area contributed by atoms with E-state index in [2.05, 4.69) is 11.9 Å². The zero-order valence-electron chi connectivity index (χ0n) is 11.3. The molecule has 0 aromatic heterocycles. The first-order chi connectivity index (χ1) is 9.63. The fourth-order valence-electron chi connectivity index (χ4n) is 2.44. The topological polar surface area (TPSA) is 69.6 Å². The molecule has 1 aliphatic heterocycles. The minimum atomic E-state index is -1.02. The lowest BCUT2D eigenvalue weighted by molar-refractivity contribution is -0.137. The second-order valence-electron chi connectivity index (χ2n) is 4.74. The molecule has 0 saturated carbocycles. The molecule has 1 aromatic rings. The van der Waals surface area contributed by atoms with Gasteiger partial charge in [0.1, 0.15) is 6.54 Å². The molecule has 1 heterocycles. The predicted octanol–water partition coefficient (Wildman–Crippen LogP) is 1.05. The molecular formula is C15H18N2O3. The van der Waals surface area contributed by atoms with Gasteiger partial charge in [-0.15, -0.1) is 6.58 Å². The fourth-order valence-corrected chi connectivity index (χ4v) is 2.44. The Labute approximate surface area is 117 Å². The molecule has 0 unspecified atom stereocenters. The van der Waals surface area contributed by atoms with E-state index in [0.717, 1.165) is 30.6 Å². The number of rotatable bonds is 5. The first kappa shape index (κ1) is 14.3. The number of benzene rings is 1. The third-order valence-corrected chi connectivity index (χ3v) is 3.33. The number of nitrogens with one attached hydrogen (secondary N) is 1. The third kappa shape index (κ3) is 3.05. The number of carbonyl (C=O) groups excluding carboxylic acids is 1. The smallest absolute Gasteiger partial charge is 0.323 e. The molecule has 0 radical (unpaired) electrons. The van der Waals surface area contributed by atoms with Gasteiger partial charge in [-0.3, -0.25) is 9.59 Å². The standard InChI is InChI=1S/C15H18N2O3/c1-2-8-17(10-14(18)19)15(20)13-5-3-4-11-9-16-7-6-12(11)13/h2-5,16H,1,6-10H2,(H,18,19). The maximum atomic E-state index is 12.5. The lowest BCUT2D eigenvalue weighted by atomic mass is 9.95. The molecule has 5 heteroatoms. The van der Waals surface area contributed by atoms with Gasteiger partial charge in [-0.25, -0.2) is 0 Å². The van der Waals surface area contributed by atoms with Gasteiger partial charge in [-0.2, -0.15) is 0 Å². The van der Waals surface area contributed by atoms with E-state index in [1.165, 1.54) is 11.0 Å². The van der Waals surface area contributed by atoms with Crippen LogP contribution in [0.2, 0.25) is 0 Å². The summed E-state index contributed by atoms with van der Waals surface area (Å²) >= 11 is 0. The summed E-state index contributed by atoms with van der Waals surface area (Å²) in [6.45, 7) is 5.07. The summed E-state index contributed by atoms with van der Waals surface area (Å²) < 4.78 is 0. The van der Waals surface area contributed by atoms with E-state index in [0.29, 0.717) is 5.56 Å². The van der Waals surface area contributed by atoms with Gasteiger partial charge in [-0.05, 0) is 30.2 Å². The molecule has 1 amide bonds. The zero-order valence-corrected chi connectivity index (χ0v) is 11.3. The van der Waals surface area contributed by atoms with Crippen molar-refractivity contribution in [1.82, 2.24) is 10.2 Å². The van der Waals surface area contributed by atoms with E-state index < -0.39 is 5.97 Å². The number of fused-ring (bicyclic) bond motifs is 1. The number of carboxylic acid groups (broad SMARTS) is 1. The number of carbonyl (C=O) groups is 2. The van der Waals surface area contributed by atoms with Crippen LogP contribution in [0.1, 0.15) is 21.5 Å². The second-order valence-corrected chi connectivity index (χ2v) is 4.74. The Morgan fingerprint density at radius 3 is 2.95 bits per heavy atom. The van der Waals surface area contributed by atoms with Crippen molar-refractivity contribution in [2.45, 2.75) is 13.0 Å². The summed E-state index contributed by atoms with van der Waals surface area (Å²) in [5.74, 6) is -1.27. The summed E-state index contributed by atoms with van der Waals surface area (Å²) in [5.41, 5.74) is 2.73. The van der Waals surface area contributed by atoms with Gasteiger partial charge in [0.2, 0.25) is 0 Å². The molecular weight excluding hydrogens is 256 g/mol. The molecule has 0 bridgehead atoms. The quantitative estimate of drug-likeness (QED) is 0.787. The van der Waals surface area contributed by atoms with Crippen LogP contribution in [0.25, 0.3) is 0 Å². The SMILES string of the molecule is C=CCN(CC(=O)O)C(=O)c1cccc2c1CCNC2. The van der Waals surface area contributed by atoms with Crippen LogP contribution in [0.4, 0.5) is 0 Å². The monoisotopic (exact) mass is 274 g/mol. The van der Waals surface area contributed by atoms with Gasteiger partial charge in [-0.1, -0.05) is 18.2 Å². The van der Waals surface area contributed by atoms with Crippen LogP contribution in [0.3, 0.4) is 0 Å². The second kappa shape index (κ2) is 6.34. The van der Waals surface area contributed by atoms with Crippen LogP contribution in [-0.2, 0) is 17.8 Å². The molecule has 2 rings (SSSR count). The molecule has 0 saturated heterocycles. The van der Waals surface area contributed by atoms with Crippen molar-refractivity contribution < 1.29 is 14.7 Å². The summed E-state index contributed by atoms with van der Waals surface area (Å²) in [6, 6.07) is 5.60. The Hall–Kier alpha value is -2.14. The Morgan fingerprint density at radius 1 is 1.45 bits per heavy atom. The van der Waals surface area contributed by atoms with Crippen molar-refractivity contribution >= 4 is 11.9 Å². The van der Waals surface area contributed by atoms with Crippen molar-refractivity contribution in [2.75, 3.05) is 19.6 Å². The highest BCUT2D eigenvalue weighted by molar-refractivity contribution is 5.97. The molecule has 106 valence electrons. The summed E-state index contributed by atoms with van der Waals surface area (Å²) in [4.78, 5) is 24.7. The molecule has 0 spiro atoms. The number of amides is 1. The Morgan fingerprint density at radius 2 is 2.25 bits per heavy atom. The molecule has 2 N–H and O–H groups in total. The van der Waals surface area contributed by atoms with E-state index in [-0.39, 0.29) is 19.0 Å². The normalized spacial score (nSPS) is 13.4. The van der Waals surface area contributed by atoms with Gasteiger partial charge in [0.15, 0.2) is 0 Å². The van der Waals surface area contributed by atoms with E-state index in [9.17, 15) is 9.59 Å². The van der Waals surface area contributed by atoms with E-state index >= 15 is 0 Å². The van der Waals surface area contributed by atoms with Gasteiger partial charge in [0.25, 0.3) is 5.91 Å². The number of aliphatic carboxylic acids is 1. The van der Waals surface area contributed by atoms with Crippen molar-refractivity contribution in [3.8, 4) is 0 Å². The average Bonchev–Trinajstić information content (AvgIpc) is 2.45. The summed E-state index contributed by atoms with van der Waals surface area (Å²) in [5, 5.41) is 12.2. The first-order valence-electron chi connectivity index (χ1n) is 6.57. The lowest BCUT2D eigenvalue weighted by Crippen LogP contribution is -2.37. The molecule has 1 aromatic carbocycles. The van der Waals surface area contributed by atoms with E-state index in [1.807, 2.05) is 12.1 Å². The predicted molar refractivity (Wildman–Crippen MR) is 75.6 cm³/mol. The molecule has 0 aliphatic carbocycles. The van der Waals surface area contributed by atoms with Crippen molar-refractivity contribution in [1.29, 1.82) is 0 Å². The van der Waals surface area contributed by atoms with Crippen molar-refractivity contribution in [3.05, 3.63) is 47.5 Å². The molecule has 0 fully saturated rings. The average molecular weight is 274 g/mol. The van der Waals surface area contributed by atoms with Crippen LogP contribution in [-0.4, -0.2) is 41.5 Å². The third-order valence-electron chi connectivity index (χ3n) is 3.33. The van der Waals surface area contributed by atoms with Crippen LogP contribution in [0, 0.1) is 0 Å². The highest BCUT2D eigenvalue weighted by Crippen LogP contribution is 2.20. The Bertz CT molecular complexity index is 540. The number of nitrogens with zero attached hydrogens (tertiary/aromatic N) is 1. The lowest BCUT2D eigenvalue weighted by Gasteiger charge is -2.24. The molecule has 20 heavy (non-hydrogen) atoms. The highest BCUT2D eigenvalue weighted by atomic mass is 16.4. The molecule has 0 atom stereocenters. The summed E-state index contributed by atoms with van der Waals surface area (Å²) in [7, 11) is 0. The Balaban J connectivity index is 2.31. The maximum Gasteiger partial charge on any atom is 0.323 e. The zero-order chi connectivity index (χ0) is 14.5.